The van der Waals surface area contributed by atoms with Gasteiger partial charge in [0.25, 0.3) is 0 Å². The van der Waals surface area contributed by atoms with E-state index >= 15 is 0 Å². The van der Waals surface area contributed by atoms with E-state index in [1.165, 1.54) is 5.57 Å². The van der Waals surface area contributed by atoms with Crippen LogP contribution in [0, 0.1) is 11.3 Å². The Balaban J connectivity index is 0.000000561. The minimum absolute atomic E-state index is 0.758. The summed E-state index contributed by atoms with van der Waals surface area (Å²) >= 11 is 0. The lowest BCUT2D eigenvalue weighted by Gasteiger charge is -1.88. The zero-order chi connectivity index (χ0) is 9.40. The fourth-order valence-corrected chi connectivity index (χ4v) is 0.806. The van der Waals surface area contributed by atoms with Gasteiger partial charge in [-0.25, -0.2) is 0 Å². The van der Waals surface area contributed by atoms with E-state index in [2.05, 4.69) is 13.0 Å². The summed E-state index contributed by atoms with van der Waals surface area (Å²) in [6.45, 7) is 6.06. The fourth-order valence-electron chi connectivity index (χ4n) is 0.806. The monoisotopic (exact) mass is 161 g/mol. The number of rotatable bonds is 0. The lowest BCUT2D eigenvalue weighted by atomic mass is 10.2. The van der Waals surface area contributed by atoms with E-state index in [4.69, 9.17) is 5.26 Å². The fraction of sp³-hybridized carbons (Fsp3) is 0.364. The van der Waals surface area contributed by atoms with E-state index in [9.17, 15) is 0 Å². The first-order valence-corrected chi connectivity index (χ1v) is 4.27. The van der Waals surface area contributed by atoms with Crippen molar-refractivity contribution in [3.05, 3.63) is 35.5 Å². The summed E-state index contributed by atoms with van der Waals surface area (Å²) in [5.74, 6) is 0. The molecule has 0 bridgehead atoms. The zero-order valence-electron chi connectivity index (χ0n) is 7.96. The van der Waals surface area contributed by atoms with Crippen molar-refractivity contribution in [1.82, 2.24) is 0 Å². The minimum atomic E-state index is 0.758. The van der Waals surface area contributed by atoms with Crippen molar-refractivity contribution >= 4 is 0 Å². The van der Waals surface area contributed by atoms with Gasteiger partial charge in [0.15, 0.2) is 0 Å². The third kappa shape index (κ3) is 3.78. The van der Waals surface area contributed by atoms with Crippen molar-refractivity contribution in [1.29, 1.82) is 5.26 Å². The quantitative estimate of drug-likeness (QED) is 0.534. The van der Waals surface area contributed by atoms with Gasteiger partial charge in [-0.15, -0.1) is 0 Å². The summed E-state index contributed by atoms with van der Waals surface area (Å²) in [7, 11) is 0. The van der Waals surface area contributed by atoms with Gasteiger partial charge in [-0.1, -0.05) is 37.6 Å². The second-order valence-electron chi connectivity index (χ2n) is 2.35. The van der Waals surface area contributed by atoms with Gasteiger partial charge in [-0.3, -0.25) is 0 Å². The smallest absolute Gasteiger partial charge is 0.0988 e. The van der Waals surface area contributed by atoms with Crippen molar-refractivity contribution in [2.45, 2.75) is 27.2 Å². The molecule has 0 aliphatic heterocycles. The van der Waals surface area contributed by atoms with Gasteiger partial charge in [0.05, 0.1) is 6.07 Å². The Labute approximate surface area is 74.7 Å². The minimum Gasteiger partial charge on any atom is -0.192 e. The lowest BCUT2D eigenvalue weighted by Crippen LogP contribution is -1.71. The first kappa shape index (κ1) is 10.7. The first-order chi connectivity index (χ1) is 5.83. The first-order valence-electron chi connectivity index (χ1n) is 4.27. The molecule has 1 heteroatoms. The van der Waals surface area contributed by atoms with Gasteiger partial charge >= 0.3 is 0 Å². The van der Waals surface area contributed by atoms with E-state index in [1.54, 1.807) is 0 Å². The van der Waals surface area contributed by atoms with E-state index in [-0.39, 0.29) is 0 Å². The van der Waals surface area contributed by atoms with Gasteiger partial charge in [-0.05, 0) is 19.4 Å². The number of allylic oxidation sites excluding steroid dienone is 6. The van der Waals surface area contributed by atoms with Gasteiger partial charge in [0.2, 0.25) is 0 Å². The van der Waals surface area contributed by atoms with Crippen LogP contribution in [0.4, 0.5) is 0 Å². The van der Waals surface area contributed by atoms with Crippen LogP contribution >= 0.6 is 0 Å². The maximum Gasteiger partial charge on any atom is 0.0988 e. The van der Waals surface area contributed by atoms with Gasteiger partial charge in [0, 0.05) is 5.57 Å². The molecular weight excluding hydrogens is 146 g/mol. The predicted octanol–water partition coefficient (Wildman–Crippen LogP) is 3.37. The van der Waals surface area contributed by atoms with Crippen LogP contribution in [0.1, 0.15) is 27.2 Å². The van der Waals surface area contributed by atoms with Crippen molar-refractivity contribution in [3.63, 3.8) is 0 Å². The molecule has 0 spiro atoms. The molecule has 0 heterocycles. The standard InChI is InChI=1S/C9H9N.C2H6/c1-8-3-2-4-9(7-10)6-5-8;1-2/h2-4,6H,5H2,1H3;1-2H3. The molecular formula is C11H15N. The van der Waals surface area contributed by atoms with E-state index < -0.39 is 0 Å². The van der Waals surface area contributed by atoms with Crippen LogP contribution in [0.15, 0.2) is 35.5 Å². The van der Waals surface area contributed by atoms with Crippen LogP contribution in [0.2, 0.25) is 0 Å². The van der Waals surface area contributed by atoms with Crippen LogP contribution in [0.3, 0.4) is 0 Å². The third-order valence-corrected chi connectivity index (χ3v) is 1.43. The number of nitriles is 1. The molecule has 0 aromatic carbocycles. The normalized spacial score (nSPS) is 14.5. The molecule has 0 saturated carbocycles. The zero-order valence-corrected chi connectivity index (χ0v) is 7.96. The summed E-state index contributed by atoms with van der Waals surface area (Å²) in [5.41, 5.74) is 2.05. The molecule has 0 atom stereocenters. The molecule has 0 aromatic rings. The average Bonchev–Trinajstić information content (AvgIpc) is 2.33. The van der Waals surface area contributed by atoms with Crippen molar-refractivity contribution in [2.75, 3.05) is 0 Å². The van der Waals surface area contributed by atoms with Crippen molar-refractivity contribution in [3.8, 4) is 6.07 Å². The summed E-state index contributed by atoms with van der Waals surface area (Å²) in [6, 6.07) is 2.11. The number of hydrogen-bond acceptors (Lipinski definition) is 1. The molecule has 0 N–H and O–H groups in total. The van der Waals surface area contributed by atoms with Gasteiger partial charge in [0.1, 0.15) is 0 Å². The highest BCUT2D eigenvalue weighted by Gasteiger charge is 1.92. The third-order valence-electron chi connectivity index (χ3n) is 1.43. The van der Waals surface area contributed by atoms with Crippen molar-refractivity contribution < 1.29 is 0 Å². The summed E-state index contributed by atoms with van der Waals surface area (Å²) < 4.78 is 0. The highest BCUT2D eigenvalue weighted by Crippen LogP contribution is 2.09. The number of hydrogen-bond donors (Lipinski definition) is 0. The SMILES string of the molecule is CC.CC1=CC=CC(C#N)=CC1. The maximum atomic E-state index is 8.51. The Morgan fingerprint density at radius 3 is 2.67 bits per heavy atom. The molecule has 0 amide bonds. The molecule has 0 aromatic heterocycles. The molecule has 12 heavy (non-hydrogen) atoms. The lowest BCUT2D eigenvalue weighted by molar-refractivity contribution is 1.21. The molecule has 64 valence electrons. The Morgan fingerprint density at radius 1 is 1.42 bits per heavy atom. The second kappa shape index (κ2) is 6.42. The van der Waals surface area contributed by atoms with E-state index in [0.29, 0.717) is 0 Å². The molecule has 0 saturated heterocycles. The largest absolute Gasteiger partial charge is 0.192 e. The highest BCUT2D eigenvalue weighted by molar-refractivity contribution is 5.38. The summed E-state index contributed by atoms with van der Waals surface area (Å²) in [6.07, 6.45) is 8.61. The molecule has 0 radical (unpaired) electrons. The molecule has 1 nitrogen and oxygen atoms in total. The van der Waals surface area contributed by atoms with Gasteiger partial charge < -0.3 is 0 Å². The highest BCUT2D eigenvalue weighted by atomic mass is 14.2. The second-order valence-corrected chi connectivity index (χ2v) is 2.35. The van der Waals surface area contributed by atoms with Crippen LogP contribution in [-0.2, 0) is 0 Å². The number of nitrogens with zero attached hydrogens (tertiary/aromatic N) is 1. The van der Waals surface area contributed by atoms with Crippen LogP contribution in [-0.4, -0.2) is 0 Å². The molecule has 1 rings (SSSR count). The Morgan fingerprint density at radius 2 is 2.08 bits per heavy atom. The van der Waals surface area contributed by atoms with Crippen LogP contribution < -0.4 is 0 Å². The molecule has 1 aliphatic carbocycles. The van der Waals surface area contributed by atoms with E-state index in [1.807, 2.05) is 38.2 Å². The summed E-state index contributed by atoms with van der Waals surface area (Å²) in [5, 5.41) is 8.51. The molecule has 1 aliphatic rings. The Kier molecular flexibility index (Phi) is 5.73. The molecule has 0 fully saturated rings. The molecule has 0 unspecified atom stereocenters. The summed E-state index contributed by atoms with van der Waals surface area (Å²) in [4.78, 5) is 0. The topological polar surface area (TPSA) is 23.8 Å². The Hall–Kier alpha value is -1.29. The predicted molar refractivity (Wildman–Crippen MR) is 52.6 cm³/mol. The maximum absolute atomic E-state index is 8.51. The van der Waals surface area contributed by atoms with E-state index in [0.717, 1.165) is 12.0 Å². The average molecular weight is 161 g/mol. The van der Waals surface area contributed by atoms with Crippen molar-refractivity contribution in [2.24, 2.45) is 0 Å². The van der Waals surface area contributed by atoms with Crippen LogP contribution in [0.5, 0.6) is 0 Å². The Bertz CT molecular complexity index is 249. The van der Waals surface area contributed by atoms with Gasteiger partial charge in [-0.2, -0.15) is 5.26 Å². The van der Waals surface area contributed by atoms with Crippen LogP contribution in [0.25, 0.3) is 0 Å².